The van der Waals surface area contributed by atoms with Gasteiger partial charge in [-0.2, -0.15) is 4.31 Å². The maximum Gasteiger partial charge on any atom is 0.246 e. The lowest BCUT2D eigenvalue weighted by Gasteiger charge is -2.52. The minimum absolute atomic E-state index is 0.00367. The molecule has 2 fully saturated rings. The number of benzene rings is 2. The number of amides is 2. The smallest absolute Gasteiger partial charge is 0.246 e. The van der Waals surface area contributed by atoms with Crippen molar-refractivity contribution in [2.75, 3.05) is 27.3 Å². The molecular weight excluding hydrogens is 541 g/mol. The summed E-state index contributed by atoms with van der Waals surface area (Å²) in [5.74, 6) is 0.156. The molecule has 0 aliphatic carbocycles. The fourth-order valence-corrected chi connectivity index (χ4v) is 6.77. The highest BCUT2D eigenvalue weighted by molar-refractivity contribution is 7.89. The van der Waals surface area contributed by atoms with E-state index >= 15 is 0 Å². The van der Waals surface area contributed by atoms with E-state index in [1.807, 2.05) is 13.8 Å². The first-order valence-electron chi connectivity index (χ1n) is 11.8. The number of hydrogen-bond donors (Lipinski definition) is 0. The van der Waals surface area contributed by atoms with Crippen LogP contribution in [0.15, 0.2) is 41.3 Å². The van der Waals surface area contributed by atoms with Gasteiger partial charge in [0.25, 0.3) is 0 Å². The van der Waals surface area contributed by atoms with E-state index < -0.39 is 22.2 Å². The molecule has 2 aliphatic rings. The van der Waals surface area contributed by atoms with Crippen LogP contribution in [0, 0.1) is 0 Å². The molecule has 2 unspecified atom stereocenters. The Morgan fingerprint density at radius 2 is 1.70 bits per heavy atom. The molecule has 9 nitrogen and oxygen atoms in total. The second-order valence-corrected chi connectivity index (χ2v) is 11.9. The van der Waals surface area contributed by atoms with Crippen LogP contribution in [-0.4, -0.2) is 79.9 Å². The lowest BCUT2D eigenvalue weighted by molar-refractivity contribution is -0.166. The molecule has 2 amide bonds. The van der Waals surface area contributed by atoms with Gasteiger partial charge in [-0.15, -0.1) is 0 Å². The molecule has 0 N–H and O–H groups in total. The number of carbonyl (C=O) groups is 2. The van der Waals surface area contributed by atoms with Gasteiger partial charge < -0.3 is 19.3 Å². The molecule has 12 heteroatoms. The van der Waals surface area contributed by atoms with Crippen LogP contribution in [0.2, 0.25) is 10.0 Å². The fraction of sp³-hybridized carbons (Fsp3) is 0.440. The number of hydrogen-bond acceptors (Lipinski definition) is 6. The van der Waals surface area contributed by atoms with Gasteiger partial charge in [-0.3, -0.25) is 9.59 Å². The third-order valence-corrected chi connectivity index (χ3v) is 9.38. The number of nitrogens with zero attached hydrogens (tertiary/aromatic N) is 3. The second-order valence-electron chi connectivity index (χ2n) is 9.22. The molecule has 2 saturated heterocycles. The molecule has 2 atom stereocenters. The first kappa shape index (κ1) is 27.5. The van der Waals surface area contributed by atoms with Gasteiger partial charge >= 0.3 is 0 Å². The maximum absolute atomic E-state index is 13.9. The average molecular weight is 570 g/mol. The van der Waals surface area contributed by atoms with Gasteiger partial charge in [0, 0.05) is 31.5 Å². The Bertz CT molecular complexity index is 1320. The Morgan fingerprint density at radius 3 is 2.32 bits per heavy atom. The molecule has 0 saturated carbocycles. The van der Waals surface area contributed by atoms with E-state index in [1.165, 1.54) is 41.6 Å². The van der Waals surface area contributed by atoms with E-state index in [-0.39, 0.29) is 54.4 Å². The fourth-order valence-electron chi connectivity index (χ4n) is 4.86. The van der Waals surface area contributed by atoms with E-state index in [0.29, 0.717) is 21.4 Å². The summed E-state index contributed by atoms with van der Waals surface area (Å²) in [6.07, 6.45) is -0.742. The molecule has 37 heavy (non-hydrogen) atoms. The van der Waals surface area contributed by atoms with Crippen LogP contribution >= 0.6 is 23.2 Å². The van der Waals surface area contributed by atoms with Crippen LogP contribution in [0.25, 0.3) is 0 Å². The second kappa shape index (κ2) is 10.7. The predicted molar refractivity (Wildman–Crippen MR) is 139 cm³/mol. The highest BCUT2D eigenvalue weighted by atomic mass is 35.5. The molecule has 200 valence electrons. The van der Waals surface area contributed by atoms with Crippen LogP contribution in [0.1, 0.15) is 25.8 Å². The maximum atomic E-state index is 13.9. The van der Waals surface area contributed by atoms with Crippen molar-refractivity contribution in [2.24, 2.45) is 0 Å². The van der Waals surface area contributed by atoms with E-state index in [1.54, 1.807) is 23.1 Å². The predicted octanol–water partition coefficient (Wildman–Crippen LogP) is 3.42. The van der Waals surface area contributed by atoms with Crippen molar-refractivity contribution in [2.45, 2.75) is 49.8 Å². The SMILES string of the molecule is COc1ccc(S(=O)(=O)N2CCC(=O)N3C(Cc4ccc(Cl)c(Cl)c4)C(=O)N(C(C)C)CC32)cc1OC. The summed E-state index contributed by atoms with van der Waals surface area (Å²) >= 11 is 12.3. The summed E-state index contributed by atoms with van der Waals surface area (Å²) < 4.78 is 39.6. The number of fused-ring (bicyclic) bond motifs is 1. The summed E-state index contributed by atoms with van der Waals surface area (Å²) in [5, 5.41) is 0.714. The number of sulfonamides is 1. The third kappa shape index (κ3) is 5.12. The van der Waals surface area contributed by atoms with E-state index in [0.717, 1.165) is 0 Å². The number of ether oxygens (including phenoxy) is 2. The van der Waals surface area contributed by atoms with Crippen molar-refractivity contribution >= 4 is 45.0 Å². The Hall–Kier alpha value is -2.53. The molecule has 2 aromatic rings. The van der Waals surface area contributed by atoms with Crippen molar-refractivity contribution in [3.63, 3.8) is 0 Å². The number of piperazine rings is 1. The molecule has 0 radical (unpaired) electrons. The van der Waals surface area contributed by atoms with Crippen LogP contribution < -0.4 is 9.47 Å². The highest BCUT2D eigenvalue weighted by Crippen LogP contribution is 2.35. The number of rotatable bonds is 7. The zero-order chi connectivity index (χ0) is 27.1. The normalized spacial score (nSPS) is 20.8. The highest BCUT2D eigenvalue weighted by Gasteiger charge is 2.51. The Kier molecular flexibility index (Phi) is 7.94. The zero-order valence-corrected chi connectivity index (χ0v) is 23.3. The molecule has 0 bridgehead atoms. The third-order valence-electron chi connectivity index (χ3n) is 6.75. The minimum atomic E-state index is -4.06. The first-order valence-corrected chi connectivity index (χ1v) is 14.0. The van der Waals surface area contributed by atoms with Gasteiger partial charge in [-0.05, 0) is 43.7 Å². The van der Waals surface area contributed by atoms with E-state index in [4.69, 9.17) is 32.7 Å². The summed E-state index contributed by atoms with van der Waals surface area (Å²) in [7, 11) is -1.17. The minimum Gasteiger partial charge on any atom is -0.493 e. The number of carbonyl (C=O) groups excluding carboxylic acids is 2. The van der Waals surface area contributed by atoms with Gasteiger partial charge in [-0.1, -0.05) is 29.3 Å². The lowest BCUT2D eigenvalue weighted by atomic mass is 9.97. The molecule has 0 spiro atoms. The average Bonchev–Trinajstić information content (AvgIpc) is 2.86. The number of halogens is 2. The first-order chi connectivity index (χ1) is 17.5. The van der Waals surface area contributed by atoms with Gasteiger partial charge in [0.15, 0.2) is 11.5 Å². The van der Waals surface area contributed by atoms with Gasteiger partial charge in [-0.25, -0.2) is 8.42 Å². The molecule has 2 aromatic carbocycles. The topological polar surface area (TPSA) is 96.5 Å². The van der Waals surface area contributed by atoms with Crippen molar-refractivity contribution in [1.29, 1.82) is 0 Å². The standard InChI is InChI=1S/C25H29Cl2N3O6S/c1-15(2)28-14-23-29(37(33,34)17-6-8-21(35-3)22(13-17)36-4)10-9-24(31)30(23)20(25(28)32)12-16-5-7-18(26)19(27)11-16/h5-8,11,13,15,20,23H,9-10,12,14H2,1-4H3. The Labute approximate surface area is 226 Å². The number of methoxy groups -OCH3 is 2. The monoisotopic (exact) mass is 569 g/mol. The van der Waals surface area contributed by atoms with E-state index in [2.05, 4.69) is 0 Å². The van der Waals surface area contributed by atoms with Crippen LogP contribution in [0.4, 0.5) is 0 Å². The van der Waals surface area contributed by atoms with Crippen LogP contribution in [0.5, 0.6) is 11.5 Å². The van der Waals surface area contributed by atoms with Crippen molar-refractivity contribution in [3.05, 3.63) is 52.0 Å². The Balaban J connectivity index is 1.76. The van der Waals surface area contributed by atoms with E-state index in [9.17, 15) is 18.0 Å². The molecule has 0 aromatic heterocycles. The van der Waals surface area contributed by atoms with Crippen molar-refractivity contribution in [3.8, 4) is 11.5 Å². The molecular formula is C25H29Cl2N3O6S. The summed E-state index contributed by atoms with van der Waals surface area (Å²) in [6, 6.07) is 8.31. The largest absolute Gasteiger partial charge is 0.493 e. The van der Waals surface area contributed by atoms with Gasteiger partial charge in [0.1, 0.15) is 12.2 Å². The lowest BCUT2D eigenvalue weighted by Crippen LogP contribution is -2.72. The molecule has 2 aliphatic heterocycles. The quantitative estimate of drug-likeness (QED) is 0.507. The molecule has 4 rings (SSSR count). The van der Waals surface area contributed by atoms with Crippen LogP contribution in [-0.2, 0) is 26.0 Å². The van der Waals surface area contributed by atoms with Crippen molar-refractivity contribution in [1.82, 2.24) is 14.1 Å². The van der Waals surface area contributed by atoms with Gasteiger partial charge in [0.2, 0.25) is 21.8 Å². The van der Waals surface area contributed by atoms with Crippen LogP contribution in [0.3, 0.4) is 0 Å². The summed E-state index contributed by atoms with van der Waals surface area (Å²) in [6.45, 7) is 3.78. The van der Waals surface area contributed by atoms with Crippen molar-refractivity contribution < 1.29 is 27.5 Å². The Morgan fingerprint density at radius 1 is 1.00 bits per heavy atom. The zero-order valence-electron chi connectivity index (χ0n) is 21.0. The molecule has 2 heterocycles. The van der Waals surface area contributed by atoms with Gasteiger partial charge in [0.05, 0.1) is 35.7 Å². The summed E-state index contributed by atoms with van der Waals surface area (Å²) in [4.78, 5) is 29.8. The summed E-state index contributed by atoms with van der Waals surface area (Å²) in [5.41, 5.74) is 0.713.